The standard InChI is InChI=1S/C15H22Cl2N4O2/c1-15(2,3)23-14(22)21-6-4-5-11(9-21)18-7-10-8-19-13(17)20-12(10)16/h8,11,18H,4-7,9H2,1-3H3/t11-/m1/s1. The number of amides is 1. The molecule has 0 aromatic carbocycles. The minimum absolute atomic E-state index is 0.132. The molecule has 2 rings (SSSR count). The van der Waals surface area contributed by atoms with Gasteiger partial charge in [-0.05, 0) is 45.2 Å². The number of rotatable bonds is 3. The number of carbonyl (C=O) groups excluding carboxylic acids is 1. The van der Waals surface area contributed by atoms with Gasteiger partial charge in [0.15, 0.2) is 0 Å². The van der Waals surface area contributed by atoms with Crippen LogP contribution in [0.3, 0.4) is 0 Å². The molecule has 1 aliphatic rings. The first-order valence-corrected chi connectivity index (χ1v) is 8.38. The lowest BCUT2D eigenvalue weighted by Gasteiger charge is -2.34. The molecule has 0 radical (unpaired) electrons. The molecule has 2 heterocycles. The van der Waals surface area contributed by atoms with Gasteiger partial charge in [-0.1, -0.05) is 11.6 Å². The van der Waals surface area contributed by atoms with Gasteiger partial charge in [0.1, 0.15) is 10.8 Å². The molecule has 1 fully saturated rings. The molecule has 8 heteroatoms. The second-order valence-corrected chi connectivity index (χ2v) is 7.30. The van der Waals surface area contributed by atoms with Crippen LogP contribution in [0.4, 0.5) is 4.79 Å². The van der Waals surface area contributed by atoms with E-state index in [4.69, 9.17) is 27.9 Å². The number of hydrogen-bond acceptors (Lipinski definition) is 5. The van der Waals surface area contributed by atoms with E-state index in [9.17, 15) is 4.79 Å². The van der Waals surface area contributed by atoms with Gasteiger partial charge in [0.05, 0.1) is 0 Å². The monoisotopic (exact) mass is 360 g/mol. The summed E-state index contributed by atoms with van der Waals surface area (Å²) in [6.45, 7) is 7.47. The molecule has 1 aromatic heterocycles. The molecule has 0 saturated carbocycles. The highest BCUT2D eigenvalue weighted by Crippen LogP contribution is 2.17. The number of nitrogens with zero attached hydrogens (tertiary/aromatic N) is 3. The van der Waals surface area contributed by atoms with Gasteiger partial charge in [0, 0.05) is 37.4 Å². The molecular formula is C15H22Cl2N4O2. The van der Waals surface area contributed by atoms with Gasteiger partial charge in [-0.25, -0.2) is 14.8 Å². The molecule has 0 unspecified atom stereocenters. The Bertz CT molecular complexity index is 563. The topological polar surface area (TPSA) is 67.3 Å². The first-order chi connectivity index (χ1) is 10.7. The highest BCUT2D eigenvalue weighted by atomic mass is 35.5. The Morgan fingerprint density at radius 3 is 2.87 bits per heavy atom. The zero-order chi connectivity index (χ0) is 17.0. The van der Waals surface area contributed by atoms with E-state index < -0.39 is 5.60 Å². The minimum Gasteiger partial charge on any atom is -0.444 e. The quantitative estimate of drug-likeness (QED) is 0.661. The third-order valence-electron chi connectivity index (χ3n) is 3.44. The van der Waals surface area contributed by atoms with Crippen LogP contribution in [0.25, 0.3) is 0 Å². The Hall–Kier alpha value is -1.11. The van der Waals surface area contributed by atoms with Crippen LogP contribution in [0, 0.1) is 0 Å². The van der Waals surface area contributed by atoms with Crippen LogP contribution in [0.15, 0.2) is 6.20 Å². The van der Waals surface area contributed by atoms with Crippen LogP contribution in [0.1, 0.15) is 39.2 Å². The molecule has 1 aliphatic heterocycles. The van der Waals surface area contributed by atoms with Crippen molar-refractivity contribution in [2.75, 3.05) is 13.1 Å². The Morgan fingerprint density at radius 1 is 1.48 bits per heavy atom. The molecule has 1 N–H and O–H groups in total. The average molecular weight is 361 g/mol. The number of likely N-dealkylation sites (tertiary alicyclic amines) is 1. The number of piperidine rings is 1. The van der Waals surface area contributed by atoms with E-state index in [1.54, 1.807) is 11.1 Å². The third-order valence-corrected chi connectivity index (χ3v) is 3.95. The van der Waals surface area contributed by atoms with Crippen LogP contribution in [-0.2, 0) is 11.3 Å². The zero-order valence-electron chi connectivity index (χ0n) is 13.6. The predicted octanol–water partition coefficient (Wildman–Crippen LogP) is 3.27. The van der Waals surface area contributed by atoms with E-state index >= 15 is 0 Å². The summed E-state index contributed by atoms with van der Waals surface area (Å²) < 4.78 is 5.42. The van der Waals surface area contributed by atoms with Crippen molar-refractivity contribution in [1.29, 1.82) is 0 Å². The van der Waals surface area contributed by atoms with Crippen LogP contribution < -0.4 is 5.32 Å². The van der Waals surface area contributed by atoms with E-state index in [0.717, 1.165) is 24.9 Å². The molecule has 0 bridgehead atoms. The molecule has 0 aliphatic carbocycles. The summed E-state index contributed by atoms with van der Waals surface area (Å²) >= 11 is 11.7. The minimum atomic E-state index is -0.481. The summed E-state index contributed by atoms with van der Waals surface area (Å²) in [6.07, 6.45) is 3.27. The first-order valence-electron chi connectivity index (χ1n) is 7.63. The van der Waals surface area contributed by atoms with E-state index in [-0.39, 0.29) is 17.4 Å². The van der Waals surface area contributed by atoms with Crippen LogP contribution in [0.5, 0.6) is 0 Å². The maximum atomic E-state index is 12.1. The Labute approximate surface area is 146 Å². The fraction of sp³-hybridized carbons (Fsp3) is 0.667. The van der Waals surface area contributed by atoms with E-state index in [0.29, 0.717) is 18.2 Å². The van der Waals surface area contributed by atoms with Crippen molar-refractivity contribution in [3.63, 3.8) is 0 Å². The van der Waals surface area contributed by atoms with Crippen molar-refractivity contribution in [1.82, 2.24) is 20.2 Å². The summed E-state index contributed by atoms with van der Waals surface area (Å²) in [5.74, 6) is 0. The van der Waals surface area contributed by atoms with Crippen molar-refractivity contribution in [2.45, 2.75) is 51.8 Å². The number of nitrogens with one attached hydrogen (secondary N) is 1. The molecule has 6 nitrogen and oxygen atoms in total. The lowest BCUT2D eigenvalue weighted by Crippen LogP contribution is -2.49. The number of ether oxygens (including phenoxy) is 1. The van der Waals surface area contributed by atoms with E-state index in [1.165, 1.54) is 0 Å². The molecule has 1 saturated heterocycles. The molecule has 0 spiro atoms. The Kier molecular flexibility index (Phi) is 6.06. The summed E-state index contributed by atoms with van der Waals surface area (Å²) in [7, 11) is 0. The largest absolute Gasteiger partial charge is 0.444 e. The first kappa shape index (κ1) is 18.2. The number of carbonyl (C=O) groups is 1. The fourth-order valence-electron chi connectivity index (χ4n) is 2.38. The second-order valence-electron chi connectivity index (χ2n) is 6.60. The van der Waals surface area contributed by atoms with Crippen molar-refractivity contribution >= 4 is 29.3 Å². The highest BCUT2D eigenvalue weighted by Gasteiger charge is 2.27. The second kappa shape index (κ2) is 7.64. The molecular weight excluding hydrogens is 339 g/mol. The smallest absolute Gasteiger partial charge is 0.410 e. The highest BCUT2D eigenvalue weighted by molar-refractivity contribution is 6.32. The fourth-order valence-corrected chi connectivity index (χ4v) is 2.75. The number of halogens is 2. The lowest BCUT2D eigenvalue weighted by atomic mass is 10.1. The predicted molar refractivity (Wildman–Crippen MR) is 89.7 cm³/mol. The van der Waals surface area contributed by atoms with Crippen LogP contribution >= 0.6 is 23.2 Å². The van der Waals surface area contributed by atoms with Gasteiger partial charge in [0.2, 0.25) is 5.28 Å². The third kappa shape index (κ3) is 5.79. The van der Waals surface area contributed by atoms with Gasteiger partial charge in [-0.2, -0.15) is 0 Å². The Morgan fingerprint density at radius 2 is 2.22 bits per heavy atom. The summed E-state index contributed by atoms with van der Waals surface area (Å²) in [6, 6.07) is 0.183. The van der Waals surface area contributed by atoms with Crippen molar-refractivity contribution in [3.8, 4) is 0 Å². The van der Waals surface area contributed by atoms with Crippen LogP contribution in [0.2, 0.25) is 10.4 Å². The van der Waals surface area contributed by atoms with Gasteiger partial charge in [0.25, 0.3) is 0 Å². The summed E-state index contributed by atoms with van der Waals surface area (Å²) in [5, 5.41) is 3.87. The summed E-state index contributed by atoms with van der Waals surface area (Å²) in [5.41, 5.74) is 0.302. The van der Waals surface area contributed by atoms with E-state index in [2.05, 4.69) is 15.3 Å². The molecule has 23 heavy (non-hydrogen) atoms. The Balaban J connectivity index is 1.87. The van der Waals surface area contributed by atoms with Crippen molar-refractivity contribution in [2.24, 2.45) is 0 Å². The van der Waals surface area contributed by atoms with Gasteiger partial charge in [-0.3, -0.25) is 0 Å². The SMILES string of the molecule is CC(C)(C)OC(=O)N1CCC[C@@H](NCc2cnc(Cl)nc2Cl)C1. The zero-order valence-corrected chi connectivity index (χ0v) is 15.1. The normalized spacial score (nSPS) is 18.8. The average Bonchev–Trinajstić information content (AvgIpc) is 2.45. The lowest BCUT2D eigenvalue weighted by molar-refractivity contribution is 0.0187. The van der Waals surface area contributed by atoms with Gasteiger partial charge < -0.3 is 15.0 Å². The van der Waals surface area contributed by atoms with Crippen molar-refractivity contribution in [3.05, 3.63) is 22.2 Å². The molecule has 128 valence electrons. The van der Waals surface area contributed by atoms with Crippen molar-refractivity contribution < 1.29 is 9.53 Å². The molecule has 1 atom stereocenters. The van der Waals surface area contributed by atoms with E-state index in [1.807, 2.05) is 20.8 Å². The number of aromatic nitrogens is 2. The number of hydrogen-bond donors (Lipinski definition) is 1. The molecule has 1 amide bonds. The maximum Gasteiger partial charge on any atom is 0.410 e. The van der Waals surface area contributed by atoms with Gasteiger partial charge >= 0.3 is 6.09 Å². The van der Waals surface area contributed by atoms with Gasteiger partial charge in [-0.15, -0.1) is 0 Å². The van der Waals surface area contributed by atoms with Crippen LogP contribution in [-0.4, -0.2) is 45.7 Å². The maximum absolute atomic E-state index is 12.1. The molecule has 1 aromatic rings. The summed E-state index contributed by atoms with van der Waals surface area (Å²) in [4.78, 5) is 21.7.